The fourth-order valence-corrected chi connectivity index (χ4v) is 2.49. The Kier molecular flexibility index (Phi) is 4.24. The number of rotatable bonds is 3. The van der Waals surface area contributed by atoms with Crippen LogP contribution in [0.5, 0.6) is 0 Å². The van der Waals surface area contributed by atoms with Gasteiger partial charge in [-0.05, 0) is 12.8 Å². The number of aliphatic hydroxyl groups is 1. The number of halogens is 1. The van der Waals surface area contributed by atoms with Crippen LogP contribution in [0.2, 0.25) is 5.02 Å². The summed E-state index contributed by atoms with van der Waals surface area (Å²) in [6.07, 6.45) is 7.28. The van der Waals surface area contributed by atoms with Crippen LogP contribution in [0.3, 0.4) is 0 Å². The van der Waals surface area contributed by atoms with E-state index in [2.05, 4.69) is 15.3 Å². The first-order chi connectivity index (χ1) is 8.61. The van der Waals surface area contributed by atoms with E-state index in [0.29, 0.717) is 12.4 Å². The fourth-order valence-electron chi connectivity index (χ4n) is 2.32. The monoisotopic (exact) mass is 271 g/mol. The summed E-state index contributed by atoms with van der Waals surface area (Å²) in [5.74, 6) is 0.332. The van der Waals surface area contributed by atoms with Gasteiger partial charge < -0.3 is 15.4 Å². The average Bonchev–Trinajstić information content (AvgIpc) is 2.57. The molecule has 0 saturated heterocycles. The second kappa shape index (κ2) is 5.71. The summed E-state index contributed by atoms with van der Waals surface area (Å²) >= 11 is 5.84. The first-order valence-electron chi connectivity index (χ1n) is 6.30. The van der Waals surface area contributed by atoms with Crippen LogP contribution in [-0.2, 0) is 0 Å². The van der Waals surface area contributed by atoms with Crippen LogP contribution in [0.25, 0.3) is 0 Å². The van der Waals surface area contributed by atoms with Crippen LogP contribution < -0.4 is 10.9 Å². The largest absolute Gasteiger partial charge is 0.388 e. The van der Waals surface area contributed by atoms with Gasteiger partial charge in [-0.25, -0.2) is 4.98 Å². The zero-order valence-electron chi connectivity index (χ0n) is 10.2. The highest BCUT2D eigenvalue weighted by Gasteiger charge is 2.28. The summed E-state index contributed by atoms with van der Waals surface area (Å²) < 4.78 is 0. The Morgan fingerprint density at radius 1 is 1.39 bits per heavy atom. The summed E-state index contributed by atoms with van der Waals surface area (Å²) in [5.41, 5.74) is -1.09. The molecule has 0 bridgehead atoms. The lowest BCUT2D eigenvalue weighted by Gasteiger charge is -2.27. The van der Waals surface area contributed by atoms with Crippen molar-refractivity contribution < 1.29 is 5.11 Å². The van der Waals surface area contributed by atoms with Crippen molar-refractivity contribution in [3.05, 3.63) is 21.7 Å². The van der Waals surface area contributed by atoms with Crippen LogP contribution in [0.15, 0.2) is 11.1 Å². The Labute approximate surface area is 111 Å². The van der Waals surface area contributed by atoms with E-state index >= 15 is 0 Å². The number of anilines is 1. The molecule has 0 radical (unpaired) electrons. The lowest BCUT2D eigenvalue weighted by atomic mass is 9.94. The number of nitrogens with zero attached hydrogens (tertiary/aromatic N) is 1. The zero-order chi connectivity index (χ0) is 13.0. The van der Waals surface area contributed by atoms with Crippen LogP contribution in [0, 0.1) is 0 Å². The molecule has 6 heteroatoms. The van der Waals surface area contributed by atoms with Crippen molar-refractivity contribution >= 4 is 17.4 Å². The Morgan fingerprint density at radius 3 is 2.72 bits per heavy atom. The van der Waals surface area contributed by atoms with Crippen molar-refractivity contribution in [1.29, 1.82) is 0 Å². The Morgan fingerprint density at radius 2 is 2.06 bits per heavy atom. The minimum absolute atomic E-state index is 0.0368. The second-order valence-corrected chi connectivity index (χ2v) is 5.26. The second-order valence-electron chi connectivity index (χ2n) is 4.89. The molecule has 5 nitrogen and oxygen atoms in total. The molecule has 0 aromatic carbocycles. The molecule has 1 aliphatic rings. The standard InChI is InChI=1S/C12H18ClN3O2/c13-9-10(15-8-16-11(9)17)14-7-12(18)5-3-1-2-4-6-12/h8,18H,1-7H2,(H2,14,15,16,17). The third-order valence-electron chi connectivity index (χ3n) is 3.42. The highest BCUT2D eigenvalue weighted by molar-refractivity contribution is 6.32. The van der Waals surface area contributed by atoms with E-state index in [1.807, 2.05) is 0 Å². The molecule has 1 aromatic rings. The van der Waals surface area contributed by atoms with Gasteiger partial charge in [-0.15, -0.1) is 0 Å². The molecule has 0 unspecified atom stereocenters. The van der Waals surface area contributed by atoms with Gasteiger partial charge in [0.15, 0.2) is 5.82 Å². The van der Waals surface area contributed by atoms with Gasteiger partial charge in [0.1, 0.15) is 5.02 Å². The van der Waals surface area contributed by atoms with Crippen molar-refractivity contribution in [2.75, 3.05) is 11.9 Å². The zero-order valence-corrected chi connectivity index (χ0v) is 11.0. The third kappa shape index (κ3) is 3.23. The topological polar surface area (TPSA) is 78.0 Å². The minimum atomic E-state index is -0.718. The van der Waals surface area contributed by atoms with Crippen molar-refractivity contribution in [2.45, 2.75) is 44.1 Å². The van der Waals surface area contributed by atoms with Gasteiger partial charge >= 0.3 is 0 Å². The fraction of sp³-hybridized carbons (Fsp3) is 0.667. The lowest BCUT2D eigenvalue weighted by molar-refractivity contribution is 0.0380. The van der Waals surface area contributed by atoms with Gasteiger partial charge in [-0.2, -0.15) is 0 Å². The third-order valence-corrected chi connectivity index (χ3v) is 3.77. The molecule has 18 heavy (non-hydrogen) atoms. The molecule has 3 N–H and O–H groups in total. The van der Waals surface area contributed by atoms with Gasteiger partial charge in [0.2, 0.25) is 0 Å². The van der Waals surface area contributed by atoms with E-state index < -0.39 is 5.60 Å². The molecule has 1 heterocycles. The van der Waals surface area contributed by atoms with Crippen molar-refractivity contribution in [2.24, 2.45) is 0 Å². The number of hydrogen-bond acceptors (Lipinski definition) is 4. The van der Waals surface area contributed by atoms with Crippen molar-refractivity contribution in [3.63, 3.8) is 0 Å². The van der Waals surface area contributed by atoms with Gasteiger partial charge in [0, 0.05) is 6.54 Å². The van der Waals surface area contributed by atoms with E-state index in [9.17, 15) is 9.90 Å². The maximum Gasteiger partial charge on any atom is 0.271 e. The smallest absolute Gasteiger partial charge is 0.271 e. The van der Waals surface area contributed by atoms with E-state index in [1.165, 1.54) is 19.2 Å². The lowest BCUT2D eigenvalue weighted by Crippen LogP contribution is -2.36. The van der Waals surface area contributed by atoms with Crippen LogP contribution in [0.1, 0.15) is 38.5 Å². The normalized spacial score (nSPS) is 19.2. The summed E-state index contributed by atoms with van der Waals surface area (Å²) in [6.45, 7) is 0.378. The molecular weight excluding hydrogens is 254 g/mol. The molecule has 0 amide bonds. The highest BCUT2D eigenvalue weighted by atomic mass is 35.5. The number of aromatic nitrogens is 2. The Balaban J connectivity index is 2.02. The average molecular weight is 272 g/mol. The van der Waals surface area contributed by atoms with Gasteiger partial charge in [-0.1, -0.05) is 37.3 Å². The summed E-state index contributed by atoms with van der Waals surface area (Å²) in [6, 6.07) is 0. The van der Waals surface area contributed by atoms with Gasteiger partial charge in [-0.3, -0.25) is 4.79 Å². The van der Waals surface area contributed by atoms with Crippen molar-refractivity contribution in [3.8, 4) is 0 Å². The molecule has 1 fully saturated rings. The molecule has 0 spiro atoms. The van der Waals surface area contributed by atoms with Crippen LogP contribution in [-0.4, -0.2) is 27.2 Å². The molecule has 0 aliphatic heterocycles. The van der Waals surface area contributed by atoms with E-state index in [-0.39, 0.29) is 10.6 Å². The Hall–Kier alpha value is -1.07. The molecule has 1 aromatic heterocycles. The summed E-state index contributed by atoms with van der Waals surface area (Å²) in [7, 11) is 0. The van der Waals surface area contributed by atoms with Crippen LogP contribution >= 0.6 is 11.6 Å². The maximum absolute atomic E-state index is 11.3. The maximum atomic E-state index is 11.3. The predicted octanol–water partition coefficient (Wildman–Crippen LogP) is 1.92. The van der Waals surface area contributed by atoms with Gasteiger partial charge in [0.25, 0.3) is 5.56 Å². The molecule has 1 saturated carbocycles. The molecule has 1 aliphatic carbocycles. The number of hydrogen-bond donors (Lipinski definition) is 3. The van der Waals surface area contributed by atoms with Gasteiger partial charge in [0.05, 0.1) is 11.9 Å². The van der Waals surface area contributed by atoms with E-state index in [1.54, 1.807) is 0 Å². The molecular formula is C12H18ClN3O2. The first-order valence-corrected chi connectivity index (χ1v) is 6.68. The molecule has 0 atom stereocenters. The number of aromatic amines is 1. The van der Waals surface area contributed by atoms with Crippen molar-refractivity contribution in [1.82, 2.24) is 9.97 Å². The predicted molar refractivity (Wildman–Crippen MR) is 71.0 cm³/mol. The molecule has 2 rings (SSSR count). The summed E-state index contributed by atoms with van der Waals surface area (Å²) in [5, 5.41) is 13.5. The molecule has 100 valence electrons. The van der Waals surface area contributed by atoms with E-state index in [4.69, 9.17) is 11.6 Å². The SMILES string of the molecule is O=c1[nH]cnc(NCC2(O)CCCCCC2)c1Cl. The summed E-state index contributed by atoms with van der Waals surface area (Å²) in [4.78, 5) is 17.7. The number of H-pyrrole nitrogens is 1. The Bertz CT molecular complexity index is 453. The van der Waals surface area contributed by atoms with Crippen LogP contribution in [0.4, 0.5) is 5.82 Å². The van der Waals surface area contributed by atoms with E-state index in [0.717, 1.165) is 25.7 Å². The highest BCUT2D eigenvalue weighted by Crippen LogP contribution is 2.27. The number of nitrogens with one attached hydrogen (secondary N) is 2. The quantitative estimate of drug-likeness (QED) is 0.734. The first kappa shape index (κ1) is 13.4. The minimum Gasteiger partial charge on any atom is -0.388 e.